The normalized spacial score (nSPS) is 14.9. The molecule has 6 heteroatoms. The monoisotopic (exact) mass is 406 g/mol. The van der Waals surface area contributed by atoms with E-state index in [-0.39, 0.29) is 0 Å². The number of hydrogen-bond acceptors (Lipinski definition) is 4. The molecule has 1 saturated heterocycles. The molecule has 6 nitrogen and oxygen atoms in total. The van der Waals surface area contributed by atoms with E-state index in [1.807, 2.05) is 36.7 Å². The maximum absolute atomic E-state index is 9.09. The number of nitriles is 1. The van der Waals surface area contributed by atoms with Crippen molar-refractivity contribution in [1.29, 1.82) is 5.26 Å². The molecule has 2 aromatic heterocycles. The number of benzene rings is 2. The smallest absolute Gasteiger partial charge is 0.161 e. The third-order valence-electron chi connectivity index (χ3n) is 6.26. The van der Waals surface area contributed by atoms with Crippen LogP contribution in [0.1, 0.15) is 11.1 Å². The molecule has 2 aliphatic heterocycles. The molecule has 6 rings (SSSR count). The van der Waals surface area contributed by atoms with E-state index in [4.69, 9.17) is 5.26 Å². The maximum Gasteiger partial charge on any atom is 0.161 e. The summed E-state index contributed by atoms with van der Waals surface area (Å²) in [6.07, 6.45) is 6.11. The van der Waals surface area contributed by atoms with Crippen LogP contribution in [0.5, 0.6) is 0 Å². The average Bonchev–Trinajstić information content (AvgIpc) is 3.45. The first kappa shape index (κ1) is 18.0. The third-order valence-corrected chi connectivity index (χ3v) is 6.26. The highest BCUT2D eigenvalue weighted by Crippen LogP contribution is 2.35. The number of hydrogen-bond donors (Lipinski definition) is 1. The Bertz CT molecular complexity index is 1300. The number of nitrogens with one attached hydrogen (secondary N) is 1. The number of nitrogens with zero attached hydrogens (tertiary/aromatic N) is 5. The largest absolute Gasteiger partial charge is 0.369 e. The van der Waals surface area contributed by atoms with Gasteiger partial charge in [-0.1, -0.05) is 12.1 Å². The first-order valence-electron chi connectivity index (χ1n) is 10.6. The fourth-order valence-corrected chi connectivity index (χ4v) is 4.65. The molecule has 152 valence electrons. The van der Waals surface area contributed by atoms with Gasteiger partial charge in [-0.3, -0.25) is 4.57 Å². The maximum atomic E-state index is 9.09. The SMILES string of the molecule is N#Cc1ccc(-c2cc3n(c2)Cc2cc(N4CCNCC4)ccc2-n2ccnc2-3)cc1. The summed E-state index contributed by atoms with van der Waals surface area (Å²) in [6.45, 7) is 4.92. The van der Waals surface area contributed by atoms with Gasteiger partial charge in [0, 0.05) is 62.6 Å². The average molecular weight is 406 g/mol. The summed E-state index contributed by atoms with van der Waals surface area (Å²) in [5.41, 5.74) is 7.78. The molecule has 1 fully saturated rings. The van der Waals surface area contributed by atoms with Gasteiger partial charge < -0.3 is 14.8 Å². The summed E-state index contributed by atoms with van der Waals surface area (Å²) >= 11 is 0. The summed E-state index contributed by atoms with van der Waals surface area (Å²) in [7, 11) is 0. The van der Waals surface area contributed by atoms with Gasteiger partial charge >= 0.3 is 0 Å². The summed E-state index contributed by atoms with van der Waals surface area (Å²) in [6, 6.07) is 18.9. The lowest BCUT2D eigenvalue weighted by molar-refractivity contribution is 0.589. The van der Waals surface area contributed by atoms with Crippen LogP contribution in [-0.4, -0.2) is 40.3 Å². The van der Waals surface area contributed by atoms with Gasteiger partial charge in [0.05, 0.1) is 23.0 Å². The Morgan fingerprint density at radius 3 is 2.61 bits per heavy atom. The Morgan fingerprint density at radius 2 is 1.81 bits per heavy atom. The van der Waals surface area contributed by atoms with E-state index >= 15 is 0 Å². The molecule has 4 heterocycles. The number of piperazine rings is 1. The molecule has 2 aromatic carbocycles. The first-order chi connectivity index (χ1) is 15.3. The van der Waals surface area contributed by atoms with E-state index in [9.17, 15) is 0 Å². The van der Waals surface area contributed by atoms with Gasteiger partial charge in [0.15, 0.2) is 5.82 Å². The number of imidazole rings is 1. The van der Waals surface area contributed by atoms with Gasteiger partial charge in [-0.15, -0.1) is 0 Å². The van der Waals surface area contributed by atoms with Crippen molar-refractivity contribution in [1.82, 2.24) is 19.4 Å². The van der Waals surface area contributed by atoms with Crippen LogP contribution in [0.2, 0.25) is 0 Å². The van der Waals surface area contributed by atoms with Crippen molar-refractivity contribution in [3.8, 4) is 34.4 Å². The minimum atomic E-state index is 0.675. The van der Waals surface area contributed by atoms with Crippen molar-refractivity contribution in [2.75, 3.05) is 31.1 Å². The van der Waals surface area contributed by atoms with Crippen LogP contribution in [-0.2, 0) is 6.54 Å². The molecule has 0 amide bonds. The van der Waals surface area contributed by atoms with Gasteiger partial charge in [0.25, 0.3) is 0 Å². The minimum absolute atomic E-state index is 0.675. The highest BCUT2D eigenvalue weighted by atomic mass is 15.2. The van der Waals surface area contributed by atoms with Gasteiger partial charge in [0.2, 0.25) is 0 Å². The highest BCUT2D eigenvalue weighted by molar-refractivity contribution is 5.72. The highest BCUT2D eigenvalue weighted by Gasteiger charge is 2.22. The van der Waals surface area contributed by atoms with Crippen molar-refractivity contribution < 1.29 is 0 Å². The van der Waals surface area contributed by atoms with Crippen LogP contribution < -0.4 is 10.2 Å². The van der Waals surface area contributed by atoms with E-state index in [1.165, 1.54) is 16.9 Å². The van der Waals surface area contributed by atoms with Crippen LogP contribution in [0.3, 0.4) is 0 Å². The Labute approximate surface area is 181 Å². The zero-order valence-electron chi connectivity index (χ0n) is 17.1. The van der Waals surface area contributed by atoms with E-state index in [1.54, 1.807) is 0 Å². The lowest BCUT2D eigenvalue weighted by Gasteiger charge is -2.30. The molecular formula is C25H22N6. The molecule has 0 atom stereocenters. The van der Waals surface area contributed by atoms with Crippen LogP contribution in [0, 0.1) is 11.3 Å². The van der Waals surface area contributed by atoms with Gasteiger partial charge in [-0.2, -0.15) is 5.26 Å². The molecule has 0 radical (unpaired) electrons. The van der Waals surface area contributed by atoms with Gasteiger partial charge in [0.1, 0.15) is 0 Å². The molecule has 0 aliphatic carbocycles. The van der Waals surface area contributed by atoms with Crippen molar-refractivity contribution in [2.45, 2.75) is 6.54 Å². The second-order valence-electron chi connectivity index (χ2n) is 8.10. The second-order valence-corrected chi connectivity index (χ2v) is 8.10. The second kappa shape index (κ2) is 7.15. The molecule has 1 N–H and O–H groups in total. The lowest BCUT2D eigenvalue weighted by Crippen LogP contribution is -2.43. The minimum Gasteiger partial charge on any atom is -0.369 e. The number of rotatable bonds is 2. The van der Waals surface area contributed by atoms with Gasteiger partial charge in [-0.25, -0.2) is 4.98 Å². The molecule has 31 heavy (non-hydrogen) atoms. The Balaban J connectivity index is 1.44. The van der Waals surface area contributed by atoms with Crippen LogP contribution in [0.25, 0.3) is 28.3 Å². The fraction of sp³-hybridized carbons (Fsp3) is 0.200. The molecule has 0 bridgehead atoms. The first-order valence-corrected chi connectivity index (χ1v) is 10.6. The van der Waals surface area contributed by atoms with E-state index in [0.29, 0.717) is 5.56 Å². The lowest BCUT2D eigenvalue weighted by atomic mass is 10.1. The quantitative estimate of drug-likeness (QED) is 0.486. The van der Waals surface area contributed by atoms with Crippen LogP contribution in [0.4, 0.5) is 5.69 Å². The van der Waals surface area contributed by atoms with Crippen molar-refractivity contribution in [3.63, 3.8) is 0 Å². The third kappa shape index (κ3) is 3.02. The summed E-state index contributed by atoms with van der Waals surface area (Å²) in [5.74, 6) is 0.952. The van der Waals surface area contributed by atoms with Crippen molar-refractivity contribution >= 4 is 5.69 Å². The Morgan fingerprint density at radius 1 is 0.968 bits per heavy atom. The van der Waals surface area contributed by atoms with Gasteiger partial charge in [-0.05, 0) is 47.5 Å². The van der Waals surface area contributed by atoms with E-state index in [2.05, 4.69) is 60.9 Å². The molecule has 0 unspecified atom stereocenters. The summed E-state index contributed by atoms with van der Waals surface area (Å²) < 4.78 is 4.48. The van der Waals surface area contributed by atoms with E-state index < -0.39 is 0 Å². The zero-order chi connectivity index (χ0) is 20.8. The summed E-state index contributed by atoms with van der Waals surface area (Å²) in [5, 5.41) is 12.5. The van der Waals surface area contributed by atoms with Crippen molar-refractivity contribution in [3.05, 3.63) is 78.2 Å². The fourth-order valence-electron chi connectivity index (χ4n) is 4.65. The van der Waals surface area contributed by atoms with Crippen LogP contribution >= 0.6 is 0 Å². The Hall–Kier alpha value is -3.82. The molecule has 0 saturated carbocycles. The molecule has 4 aromatic rings. The predicted molar refractivity (Wildman–Crippen MR) is 121 cm³/mol. The van der Waals surface area contributed by atoms with E-state index in [0.717, 1.165) is 55.4 Å². The molecule has 0 spiro atoms. The summed E-state index contributed by atoms with van der Waals surface area (Å²) in [4.78, 5) is 7.14. The number of aromatic nitrogens is 3. The molecule has 2 aliphatic rings. The van der Waals surface area contributed by atoms with Crippen molar-refractivity contribution in [2.24, 2.45) is 0 Å². The number of fused-ring (bicyclic) bond motifs is 5. The standard InChI is InChI=1S/C25H22N6/c26-15-18-1-3-19(4-2-18)20-14-24-25-28-9-12-31(25)23-6-5-22(29-10-7-27-8-11-29)13-21(23)17-30(24)16-20/h1-6,9,12-14,16,27H,7-8,10-11,17H2. The van der Waals surface area contributed by atoms with Crippen LogP contribution in [0.15, 0.2) is 67.1 Å². The Kier molecular flexibility index (Phi) is 4.15. The zero-order valence-corrected chi connectivity index (χ0v) is 17.1. The topological polar surface area (TPSA) is 61.8 Å². The predicted octanol–water partition coefficient (Wildman–Crippen LogP) is 3.65. The number of anilines is 1. The molecular weight excluding hydrogens is 384 g/mol.